The van der Waals surface area contributed by atoms with Crippen LogP contribution in [0.1, 0.15) is 126 Å². The van der Waals surface area contributed by atoms with Crippen LogP contribution >= 0.6 is 0 Å². The number of esters is 1. The van der Waals surface area contributed by atoms with E-state index < -0.39 is 177 Å². The van der Waals surface area contributed by atoms with E-state index >= 15 is 0 Å². The maximum Gasteiger partial charge on any atom is 0.510 e. The van der Waals surface area contributed by atoms with Gasteiger partial charge >= 0.3 is 12.1 Å². The highest BCUT2D eigenvalue weighted by Crippen LogP contribution is 2.39. The minimum atomic E-state index is -2.51. The number of fused-ring (bicyclic) bond motifs is 3. The smallest absolute Gasteiger partial charge is 0.460 e. The number of piperidine rings is 1. The van der Waals surface area contributed by atoms with Crippen LogP contribution in [0.25, 0.3) is 0 Å². The van der Waals surface area contributed by atoms with Crippen molar-refractivity contribution >= 4 is 35.4 Å². The van der Waals surface area contributed by atoms with E-state index in [0.29, 0.717) is 63.4 Å². The van der Waals surface area contributed by atoms with Gasteiger partial charge in [0.25, 0.3) is 11.7 Å². The number of amides is 1. The van der Waals surface area contributed by atoms with Crippen molar-refractivity contribution in [3.05, 3.63) is 47.6 Å². The van der Waals surface area contributed by atoms with Crippen LogP contribution in [0, 0.1) is 35.5 Å². The highest BCUT2D eigenvalue weighted by molar-refractivity contribution is 6.39. The molecule has 0 aromatic carbocycles. The first-order valence-corrected chi connectivity index (χ1v) is 32.6. The normalized spacial score (nSPS) is 41.7. The molecule has 6 aliphatic rings. The summed E-state index contributed by atoms with van der Waals surface area (Å²) in [7, 11) is 4.41. The summed E-state index contributed by atoms with van der Waals surface area (Å²) in [6.45, 7) is 10.3. The second-order valence-electron chi connectivity index (χ2n) is 26.2. The van der Waals surface area contributed by atoms with Crippen molar-refractivity contribution in [2.75, 3.05) is 54.3 Å². The molecule has 9 N–H and O–H groups in total. The third-order valence-electron chi connectivity index (χ3n) is 19.3. The molecule has 5 heterocycles. The summed E-state index contributed by atoms with van der Waals surface area (Å²) in [5.41, 5.74) is 1.16. The van der Waals surface area contributed by atoms with Crippen molar-refractivity contribution in [1.82, 2.24) is 4.90 Å². The Labute approximate surface area is 544 Å². The summed E-state index contributed by atoms with van der Waals surface area (Å²) in [6, 6.07) is -1.25. The Kier molecular flexibility index (Phi) is 30.2. The molecule has 93 heavy (non-hydrogen) atoms. The van der Waals surface area contributed by atoms with Gasteiger partial charge in [-0.05, 0) is 107 Å². The molecule has 1 aliphatic carbocycles. The number of Topliss-reactive ketones (excluding diaryl/α,β-unsaturated/α-hetero) is 3. The second-order valence-corrected chi connectivity index (χ2v) is 26.2. The van der Waals surface area contributed by atoms with Gasteiger partial charge in [-0.15, -0.1) is 0 Å². The molecule has 5 fully saturated rings. The fourth-order valence-electron chi connectivity index (χ4n) is 13.4. The van der Waals surface area contributed by atoms with Crippen molar-refractivity contribution < 1.29 is 127 Å². The Morgan fingerprint density at radius 2 is 1.44 bits per heavy atom. The van der Waals surface area contributed by atoms with Crippen molar-refractivity contribution in [1.29, 1.82) is 0 Å². The fourth-order valence-corrected chi connectivity index (χ4v) is 13.4. The molecule has 27 heteroatoms. The topological polar surface area (TPSA) is 389 Å². The average molecular weight is 1330 g/mol. The molecule has 0 radical (unpaired) electrons. The number of carbonyl (C=O) groups is 6. The molecule has 2 bridgehead atoms. The summed E-state index contributed by atoms with van der Waals surface area (Å²) in [5, 5.41) is 95.8. The molecule has 1 amide bonds. The molecule has 4 saturated heterocycles. The predicted molar refractivity (Wildman–Crippen MR) is 328 cm³/mol. The molecule has 5 aliphatic heterocycles. The Morgan fingerprint density at radius 3 is 2.12 bits per heavy atom. The van der Waals surface area contributed by atoms with E-state index in [4.69, 9.17) is 52.1 Å². The maximum atomic E-state index is 14.7. The van der Waals surface area contributed by atoms with Crippen LogP contribution in [-0.4, -0.2) is 257 Å². The molecule has 0 spiro atoms. The summed E-state index contributed by atoms with van der Waals surface area (Å²) in [6.07, 6.45) is -9.34. The average Bonchev–Trinajstić information content (AvgIpc) is 0.786. The molecule has 27 nitrogen and oxygen atoms in total. The number of aliphatic hydroxyl groups excluding tert-OH is 8. The number of ether oxygens (including phenoxy) is 11. The standard InChI is InChI=1S/C66H103NO26/c1-34-16-12-11-13-17-35(2)46(83-8)30-42-21-19-40(7)66(82,93-42)60(78)61(79)67-23-15-14-18-43(67)62(80)88-47(31-44(70)36(3)27-39(6)52(72)59(85-10)51(71)38(5)26-34)37(4)28-41-20-22-45(48(29-41)84-9)86-24-25-87-65(81)92-64-57(77)55(75)58(50(33-69)90-64)91-63-56(76)54(74)53(73)49(32-68)89-63/h11-13,16-17,27,34,36-38,40-43,45-50,52-59,63-64,68-69,72-77,82H,14-15,18-26,28-33H2,1-10H3/b13-11+,16-12-,35-17+,39-27+/t34-,36-,37-,38-,40-,41?,42+,43?,45-,46+,47+,48-,49+,50-,52-,53-,54-,55-,56+,57-,58-,59+,63?,64?,66-/m1/s1. The van der Waals surface area contributed by atoms with E-state index in [1.165, 1.54) is 14.2 Å². The van der Waals surface area contributed by atoms with Gasteiger partial charge in [-0.2, -0.15) is 0 Å². The Morgan fingerprint density at radius 1 is 0.742 bits per heavy atom. The number of ketones is 3. The van der Waals surface area contributed by atoms with Gasteiger partial charge in [0.05, 0.1) is 44.2 Å². The number of rotatable bonds is 15. The van der Waals surface area contributed by atoms with Crippen LogP contribution in [0.2, 0.25) is 0 Å². The van der Waals surface area contributed by atoms with Crippen molar-refractivity contribution in [3.8, 4) is 0 Å². The molecule has 6 rings (SSSR count). The lowest BCUT2D eigenvalue weighted by Gasteiger charge is -2.45. The van der Waals surface area contributed by atoms with Gasteiger partial charge in [-0.1, -0.05) is 71.1 Å². The highest BCUT2D eigenvalue weighted by Gasteiger charge is 2.54. The van der Waals surface area contributed by atoms with Crippen molar-refractivity contribution in [3.63, 3.8) is 0 Å². The number of hydrogen-bond donors (Lipinski definition) is 9. The van der Waals surface area contributed by atoms with Crippen LogP contribution < -0.4 is 0 Å². The number of cyclic esters (lactones) is 1. The van der Waals surface area contributed by atoms with E-state index in [2.05, 4.69) is 0 Å². The zero-order chi connectivity index (χ0) is 68.6. The van der Waals surface area contributed by atoms with Crippen LogP contribution in [0.15, 0.2) is 47.6 Å². The van der Waals surface area contributed by atoms with E-state index in [-0.39, 0.29) is 62.4 Å². The first kappa shape index (κ1) is 77.5. The van der Waals surface area contributed by atoms with Gasteiger partial charge < -0.3 is 103 Å². The van der Waals surface area contributed by atoms with E-state index in [1.54, 1.807) is 40.9 Å². The van der Waals surface area contributed by atoms with Gasteiger partial charge in [0, 0.05) is 58.5 Å². The molecular weight excluding hydrogens is 1220 g/mol. The van der Waals surface area contributed by atoms with Gasteiger partial charge in [0.15, 0.2) is 12.1 Å². The lowest BCUT2D eigenvalue weighted by molar-refractivity contribution is -0.355. The van der Waals surface area contributed by atoms with Crippen LogP contribution in [-0.2, 0) is 76.1 Å². The predicted octanol–water partition coefficient (Wildman–Crippen LogP) is 1.98. The third kappa shape index (κ3) is 20.1. The summed E-state index contributed by atoms with van der Waals surface area (Å²) in [5.74, 6) is -9.02. The first-order chi connectivity index (χ1) is 44.1. The molecule has 25 atom stereocenters. The second kappa shape index (κ2) is 36.2. The molecule has 0 aromatic rings. The highest BCUT2D eigenvalue weighted by atomic mass is 16.8. The molecular formula is C66H103NO26. The van der Waals surface area contributed by atoms with Crippen molar-refractivity contribution in [2.24, 2.45) is 35.5 Å². The fraction of sp³-hybridized carbons (Fsp3) is 0.788. The van der Waals surface area contributed by atoms with Crippen LogP contribution in [0.4, 0.5) is 4.79 Å². The Bertz CT molecular complexity index is 2580. The molecule has 1 saturated carbocycles. The third-order valence-corrected chi connectivity index (χ3v) is 19.3. The van der Waals surface area contributed by atoms with Crippen molar-refractivity contribution in [2.45, 2.75) is 241 Å². The number of carbonyl (C=O) groups excluding carboxylic acids is 6. The van der Waals surface area contributed by atoms with E-state index in [1.807, 2.05) is 51.2 Å². The first-order valence-electron chi connectivity index (χ1n) is 32.6. The minimum Gasteiger partial charge on any atom is -0.460 e. The summed E-state index contributed by atoms with van der Waals surface area (Å²) < 4.78 is 62.7. The Balaban J connectivity index is 1.13. The lowest BCUT2D eigenvalue weighted by atomic mass is 9.78. The van der Waals surface area contributed by atoms with Gasteiger partial charge in [0.2, 0.25) is 12.1 Å². The summed E-state index contributed by atoms with van der Waals surface area (Å²) in [4.78, 5) is 85.9. The summed E-state index contributed by atoms with van der Waals surface area (Å²) >= 11 is 0. The van der Waals surface area contributed by atoms with Crippen LogP contribution in [0.3, 0.4) is 0 Å². The molecule has 4 unspecified atom stereocenters. The Hall–Kier alpha value is -4.50. The molecule has 0 aromatic heterocycles. The maximum absolute atomic E-state index is 14.7. The lowest BCUT2D eigenvalue weighted by Crippen LogP contribution is -2.64. The monoisotopic (exact) mass is 1330 g/mol. The number of hydrogen-bond acceptors (Lipinski definition) is 26. The number of nitrogens with zero attached hydrogens (tertiary/aromatic N) is 1. The minimum absolute atomic E-state index is 0.0102. The van der Waals surface area contributed by atoms with Gasteiger partial charge in [-0.3, -0.25) is 19.2 Å². The number of methoxy groups -OCH3 is 3. The van der Waals surface area contributed by atoms with E-state index in [0.717, 1.165) is 10.5 Å². The quantitative estimate of drug-likeness (QED) is 0.0490. The number of allylic oxidation sites excluding steroid dienone is 6. The molecule has 528 valence electrons. The van der Waals surface area contributed by atoms with Crippen LogP contribution in [0.5, 0.6) is 0 Å². The number of aliphatic hydroxyl groups is 9. The SMILES string of the molecule is CO[C@H]1C[C@@H]2CC[C@@H](C)[C@@](O)(O2)C(=O)C(=O)N2CCCCC2C(=O)O[C@H]([C@H](C)CC2CC[C@@H](OCCOC(=O)OC3O[C@H](CO)[C@@H](OC4O[C@@H](CO)[C@@H](O)[C@@H](O)[C@@H]4O)[C@H](O)[C@H]3O)[C@H](OC)C2)CC(=O)[C@H](C)/C=C(\C)[C@@H](O)[C@@H](OC)C(=O)[C@H](C)C[C@H](C)\C=C/C=C/C=C/1C. The zero-order valence-corrected chi connectivity index (χ0v) is 55.3. The van der Waals surface area contributed by atoms with Gasteiger partial charge in [0.1, 0.15) is 85.6 Å². The van der Waals surface area contributed by atoms with Gasteiger partial charge in [-0.25, -0.2) is 9.59 Å². The largest absolute Gasteiger partial charge is 0.510 e. The van der Waals surface area contributed by atoms with E-state index in [9.17, 15) is 74.7 Å². The zero-order valence-electron chi connectivity index (χ0n) is 55.3.